The van der Waals surface area contributed by atoms with Crippen LogP contribution >= 0.6 is 0 Å². The fourth-order valence-electron chi connectivity index (χ4n) is 5.34. The van der Waals surface area contributed by atoms with Gasteiger partial charge in [0.15, 0.2) is 0 Å². The molecule has 2 saturated carbocycles. The van der Waals surface area contributed by atoms with Crippen molar-refractivity contribution in [1.82, 2.24) is 0 Å². The highest BCUT2D eigenvalue weighted by Gasteiger charge is 2.61. The van der Waals surface area contributed by atoms with Crippen LogP contribution in [0.15, 0.2) is 11.6 Å². The average Bonchev–Trinajstić information content (AvgIpc) is 2.61. The van der Waals surface area contributed by atoms with Gasteiger partial charge in [-0.1, -0.05) is 32.4 Å². The van der Waals surface area contributed by atoms with Gasteiger partial charge in [-0.05, 0) is 61.2 Å². The summed E-state index contributed by atoms with van der Waals surface area (Å²) >= 11 is 0. The Morgan fingerprint density at radius 1 is 1.27 bits per heavy atom. The number of allylic oxidation sites excluding steroid dienone is 2. The van der Waals surface area contributed by atoms with Crippen LogP contribution in [0, 0.1) is 28.6 Å². The highest BCUT2D eigenvalue weighted by Crippen LogP contribution is 2.70. The third-order valence-corrected chi connectivity index (χ3v) is 5.72. The van der Waals surface area contributed by atoms with Gasteiger partial charge in [0.1, 0.15) is 0 Å². The monoisotopic (exact) mass is 204 g/mol. The molecule has 0 aromatic rings. The van der Waals surface area contributed by atoms with Crippen LogP contribution in [0.3, 0.4) is 0 Å². The Labute approximate surface area is 94.1 Å². The molecule has 0 nitrogen and oxygen atoms in total. The minimum atomic E-state index is 0.596. The molecular formula is C15H24. The Kier molecular flexibility index (Phi) is 1.79. The Hall–Kier alpha value is -0.260. The highest BCUT2D eigenvalue weighted by atomic mass is 14.7. The molecule has 3 rings (SSSR count). The Bertz CT molecular complexity index is 323. The Morgan fingerprint density at radius 3 is 2.73 bits per heavy atom. The summed E-state index contributed by atoms with van der Waals surface area (Å²) in [5.41, 5.74) is 3.01. The maximum Gasteiger partial charge on any atom is -0.0138 e. The zero-order chi connectivity index (χ0) is 10.8. The Balaban J connectivity index is 2.05. The molecule has 0 saturated heterocycles. The van der Waals surface area contributed by atoms with Crippen molar-refractivity contribution in [3.05, 3.63) is 11.6 Å². The second kappa shape index (κ2) is 2.70. The summed E-state index contributed by atoms with van der Waals surface area (Å²) < 4.78 is 0. The largest absolute Gasteiger partial charge is 0.0816 e. The maximum atomic E-state index is 2.63. The second-order valence-electron chi connectivity index (χ2n) is 7.21. The van der Waals surface area contributed by atoms with Crippen LogP contribution in [0.4, 0.5) is 0 Å². The molecular weight excluding hydrogens is 180 g/mol. The van der Waals surface area contributed by atoms with Crippen LogP contribution in [-0.2, 0) is 0 Å². The van der Waals surface area contributed by atoms with Gasteiger partial charge in [0.2, 0.25) is 0 Å². The summed E-state index contributed by atoms with van der Waals surface area (Å²) in [6.45, 7) is 9.85. The summed E-state index contributed by atoms with van der Waals surface area (Å²) in [5, 5.41) is 0. The van der Waals surface area contributed by atoms with Crippen molar-refractivity contribution in [2.24, 2.45) is 28.6 Å². The lowest BCUT2D eigenvalue weighted by atomic mass is 9.67. The molecule has 0 aliphatic heterocycles. The smallest absolute Gasteiger partial charge is 0.0138 e. The first kappa shape index (κ1) is 9.93. The lowest BCUT2D eigenvalue weighted by molar-refractivity contribution is 0.135. The van der Waals surface area contributed by atoms with Crippen LogP contribution in [0.25, 0.3) is 0 Å². The predicted molar refractivity (Wildman–Crippen MR) is 64.6 cm³/mol. The molecule has 2 fully saturated rings. The molecule has 0 amide bonds. The van der Waals surface area contributed by atoms with Crippen LogP contribution in [0.5, 0.6) is 0 Å². The third kappa shape index (κ3) is 1.09. The molecule has 0 aromatic heterocycles. The van der Waals surface area contributed by atoms with Gasteiger partial charge in [-0.25, -0.2) is 0 Å². The van der Waals surface area contributed by atoms with Crippen LogP contribution in [0.2, 0.25) is 0 Å². The van der Waals surface area contributed by atoms with Gasteiger partial charge in [0.05, 0.1) is 0 Å². The standard InChI is InChI=1S/C15H24/c1-10-7-12-8-14(3,4)9-15(12)11(2)5-6-13(10)15/h7,11-13H,5-6,8-9H2,1-4H3/t11-,12?,13?,15+/m1/s1. The first-order valence-electron chi connectivity index (χ1n) is 6.64. The maximum absolute atomic E-state index is 2.63. The van der Waals surface area contributed by atoms with E-state index in [2.05, 4.69) is 33.8 Å². The van der Waals surface area contributed by atoms with Gasteiger partial charge in [-0.2, -0.15) is 0 Å². The summed E-state index contributed by atoms with van der Waals surface area (Å²) in [7, 11) is 0. The molecule has 15 heavy (non-hydrogen) atoms. The first-order chi connectivity index (χ1) is 6.96. The quantitative estimate of drug-likeness (QED) is 0.513. The van der Waals surface area contributed by atoms with E-state index in [1.54, 1.807) is 5.57 Å². The third-order valence-electron chi connectivity index (χ3n) is 5.72. The van der Waals surface area contributed by atoms with Crippen LogP contribution < -0.4 is 0 Å². The molecule has 0 radical (unpaired) electrons. The molecule has 0 N–H and O–H groups in total. The zero-order valence-corrected chi connectivity index (χ0v) is 10.6. The lowest BCUT2D eigenvalue weighted by Gasteiger charge is -2.36. The highest BCUT2D eigenvalue weighted by molar-refractivity contribution is 5.28. The molecule has 0 heterocycles. The van der Waals surface area contributed by atoms with Crippen molar-refractivity contribution < 1.29 is 0 Å². The predicted octanol–water partition coefficient (Wildman–Crippen LogP) is 4.42. The fraction of sp³-hybridized carbons (Fsp3) is 0.867. The van der Waals surface area contributed by atoms with E-state index in [1.165, 1.54) is 25.7 Å². The van der Waals surface area contributed by atoms with Gasteiger partial charge >= 0.3 is 0 Å². The first-order valence-corrected chi connectivity index (χ1v) is 6.64. The average molecular weight is 204 g/mol. The molecule has 0 bridgehead atoms. The molecule has 3 aliphatic carbocycles. The van der Waals surface area contributed by atoms with Crippen molar-refractivity contribution in [2.45, 2.75) is 53.4 Å². The van der Waals surface area contributed by atoms with Crippen LogP contribution in [-0.4, -0.2) is 0 Å². The SMILES string of the molecule is CC1=CC2CC(C)(C)C[C@@]23C1CC[C@H]3C. The summed E-state index contributed by atoms with van der Waals surface area (Å²) in [4.78, 5) is 0. The molecule has 3 aliphatic rings. The summed E-state index contributed by atoms with van der Waals surface area (Å²) in [5.74, 6) is 2.82. The van der Waals surface area contributed by atoms with E-state index in [0.29, 0.717) is 10.8 Å². The molecule has 1 spiro atoms. The van der Waals surface area contributed by atoms with E-state index in [0.717, 1.165) is 17.8 Å². The summed E-state index contributed by atoms with van der Waals surface area (Å²) in [6, 6.07) is 0. The van der Waals surface area contributed by atoms with Gasteiger partial charge in [-0.15, -0.1) is 0 Å². The van der Waals surface area contributed by atoms with E-state index in [1.807, 2.05) is 0 Å². The van der Waals surface area contributed by atoms with E-state index in [-0.39, 0.29) is 0 Å². The zero-order valence-electron chi connectivity index (χ0n) is 10.6. The number of hydrogen-bond acceptors (Lipinski definition) is 0. The van der Waals surface area contributed by atoms with E-state index in [4.69, 9.17) is 0 Å². The van der Waals surface area contributed by atoms with Gasteiger partial charge in [-0.3, -0.25) is 0 Å². The van der Waals surface area contributed by atoms with Gasteiger partial charge in [0, 0.05) is 0 Å². The topological polar surface area (TPSA) is 0 Å². The number of rotatable bonds is 0. The van der Waals surface area contributed by atoms with E-state index >= 15 is 0 Å². The number of hydrogen-bond donors (Lipinski definition) is 0. The second-order valence-corrected chi connectivity index (χ2v) is 7.21. The van der Waals surface area contributed by atoms with Gasteiger partial charge in [0.25, 0.3) is 0 Å². The van der Waals surface area contributed by atoms with Crippen molar-refractivity contribution in [3.8, 4) is 0 Å². The molecule has 2 unspecified atom stereocenters. The van der Waals surface area contributed by atoms with Crippen molar-refractivity contribution >= 4 is 0 Å². The van der Waals surface area contributed by atoms with Crippen LogP contribution in [0.1, 0.15) is 53.4 Å². The van der Waals surface area contributed by atoms with Crippen molar-refractivity contribution in [3.63, 3.8) is 0 Å². The van der Waals surface area contributed by atoms with E-state index in [9.17, 15) is 0 Å². The molecule has 84 valence electrons. The van der Waals surface area contributed by atoms with Crippen molar-refractivity contribution in [2.75, 3.05) is 0 Å². The minimum absolute atomic E-state index is 0.596. The lowest BCUT2D eigenvalue weighted by Crippen LogP contribution is -2.31. The Morgan fingerprint density at radius 2 is 2.00 bits per heavy atom. The molecule has 0 heteroatoms. The normalized spacial score (nSPS) is 51.5. The molecule has 0 aromatic carbocycles. The fourth-order valence-corrected chi connectivity index (χ4v) is 5.34. The summed E-state index contributed by atoms with van der Waals surface area (Å²) in [6.07, 6.45) is 8.49. The van der Waals surface area contributed by atoms with Gasteiger partial charge < -0.3 is 0 Å². The molecule has 4 atom stereocenters. The van der Waals surface area contributed by atoms with E-state index < -0.39 is 0 Å². The minimum Gasteiger partial charge on any atom is -0.0816 e. The van der Waals surface area contributed by atoms with Crippen molar-refractivity contribution in [1.29, 1.82) is 0 Å².